The smallest absolute Gasteiger partial charge is 0.313 e. The minimum atomic E-state index is -0.847. The molecule has 0 aliphatic heterocycles. The van der Waals surface area contributed by atoms with Crippen molar-refractivity contribution in [3.8, 4) is 0 Å². The molecule has 0 saturated carbocycles. The van der Waals surface area contributed by atoms with Crippen molar-refractivity contribution in [3.05, 3.63) is 36.4 Å². The van der Waals surface area contributed by atoms with Gasteiger partial charge in [-0.1, -0.05) is 18.2 Å². The van der Waals surface area contributed by atoms with E-state index in [1.807, 2.05) is 36.4 Å². The Morgan fingerprint density at radius 3 is 2.35 bits per heavy atom. The Labute approximate surface area is 124 Å². The van der Waals surface area contributed by atoms with Crippen LogP contribution in [0, 0.1) is 0 Å². The van der Waals surface area contributed by atoms with Gasteiger partial charge in [-0.25, -0.2) is 0 Å². The summed E-state index contributed by atoms with van der Waals surface area (Å²) in [5.41, 5.74) is 0. The van der Waals surface area contributed by atoms with Crippen molar-refractivity contribution in [1.29, 1.82) is 0 Å². The van der Waals surface area contributed by atoms with Crippen molar-refractivity contribution < 1.29 is 19.8 Å². The zero-order valence-corrected chi connectivity index (χ0v) is 12.0. The van der Waals surface area contributed by atoms with Gasteiger partial charge in [0, 0.05) is 9.79 Å². The maximum atomic E-state index is 10.6. The molecule has 4 nitrogen and oxygen atoms in total. The van der Waals surface area contributed by atoms with E-state index in [4.69, 9.17) is 10.2 Å². The van der Waals surface area contributed by atoms with E-state index in [0.29, 0.717) is 0 Å². The molecule has 0 amide bonds. The highest BCUT2D eigenvalue weighted by molar-refractivity contribution is 8.00. The van der Waals surface area contributed by atoms with E-state index >= 15 is 0 Å². The van der Waals surface area contributed by atoms with Crippen molar-refractivity contribution in [2.45, 2.75) is 9.79 Å². The maximum absolute atomic E-state index is 10.6. The van der Waals surface area contributed by atoms with Crippen LogP contribution in [0.4, 0.5) is 0 Å². The van der Waals surface area contributed by atoms with Gasteiger partial charge in [0.1, 0.15) is 0 Å². The predicted octanol–water partition coefficient (Wildman–Crippen LogP) is 3.19. The number of aliphatic carboxylic acids is 2. The van der Waals surface area contributed by atoms with E-state index in [2.05, 4.69) is 0 Å². The predicted molar refractivity (Wildman–Crippen MR) is 80.7 cm³/mol. The second-order valence-electron chi connectivity index (χ2n) is 4.00. The Morgan fingerprint density at radius 1 is 0.950 bits per heavy atom. The lowest BCUT2D eigenvalue weighted by atomic mass is 10.1. The molecule has 0 radical (unpaired) electrons. The summed E-state index contributed by atoms with van der Waals surface area (Å²) in [5, 5.41) is 19.4. The number of benzene rings is 2. The largest absolute Gasteiger partial charge is 0.481 e. The Kier molecular flexibility index (Phi) is 4.92. The van der Waals surface area contributed by atoms with Crippen LogP contribution >= 0.6 is 23.5 Å². The van der Waals surface area contributed by atoms with E-state index in [0.717, 1.165) is 20.6 Å². The van der Waals surface area contributed by atoms with Crippen LogP contribution in [0.1, 0.15) is 0 Å². The summed E-state index contributed by atoms with van der Waals surface area (Å²) in [6, 6.07) is 11.4. The zero-order chi connectivity index (χ0) is 14.5. The van der Waals surface area contributed by atoms with Crippen LogP contribution in [-0.4, -0.2) is 33.7 Å². The number of carbonyl (C=O) groups is 2. The second-order valence-corrected chi connectivity index (χ2v) is 6.07. The molecule has 0 saturated heterocycles. The zero-order valence-electron chi connectivity index (χ0n) is 10.4. The molecular weight excluding hydrogens is 296 g/mol. The van der Waals surface area contributed by atoms with E-state index < -0.39 is 11.9 Å². The molecule has 0 heterocycles. The first-order valence-electron chi connectivity index (χ1n) is 5.78. The quantitative estimate of drug-likeness (QED) is 0.798. The summed E-state index contributed by atoms with van der Waals surface area (Å²) in [4.78, 5) is 23.0. The molecule has 104 valence electrons. The summed E-state index contributed by atoms with van der Waals surface area (Å²) in [7, 11) is 0. The van der Waals surface area contributed by atoms with Crippen molar-refractivity contribution >= 4 is 46.2 Å². The first-order chi connectivity index (χ1) is 9.56. The van der Waals surface area contributed by atoms with Crippen molar-refractivity contribution in [3.63, 3.8) is 0 Å². The standard InChI is InChI=1S/C14H12O4S2/c15-13(16)7-19-10-4-5-11-9(6-10)2-1-3-12(11)20-8-14(17)18/h1-6H,7-8H2,(H,15,16)(H,17,18). The number of hydrogen-bond acceptors (Lipinski definition) is 4. The van der Waals surface area contributed by atoms with Crippen molar-refractivity contribution in [2.75, 3.05) is 11.5 Å². The van der Waals surface area contributed by atoms with Gasteiger partial charge in [-0.3, -0.25) is 9.59 Å². The number of hydrogen-bond donors (Lipinski definition) is 2. The van der Waals surface area contributed by atoms with Gasteiger partial charge in [0.15, 0.2) is 0 Å². The lowest BCUT2D eigenvalue weighted by Crippen LogP contribution is -1.98. The van der Waals surface area contributed by atoms with Crippen molar-refractivity contribution in [1.82, 2.24) is 0 Å². The van der Waals surface area contributed by atoms with Crippen LogP contribution in [0.15, 0.2) is 46.2 Å². The van der Waals surface area contributed by atoms with Gasteiger partial charge in [-0.2, -0.15) is 0 Å². The van der Waals surface area contributed by atoms with E-state index in [1.54, 1.807) is 0 Å². The van der Waals surface area contributed by atoms with Crippen LogP contribution in [0.25, 0.3) is 10.8 Å². The minimum Gasteiger partial charge on any atom is -0.481 e. The molecule has 2 N–H and O–H groups in total. The van der Waals surface area contributed by atoms with E-state index in [9.17, 15) is 9.59 Å². The molecule has 0 atom stereocenters. The third kappa shape index (κ3) is 3.91. The van der Waals surface area contributed by atoms with Gasteiger partial charge >= 0.3 is 11.9 Å². The first-order valence-corrected chi connectivity index (χ1v) is 7.75. The highest BCUT2D eigenvalue weighted by Crippen LogP contribution is 2.30. The molecule has 0 fully saturated rings. The van der Waals surface area contributed by atoms with Gasteiger partial charge in [0.2, 0.25) is 0 Å². The fourth-order valence-corrected chi connectivity index (χ4v) is 3.19. The molecule has 0 aromatic heterocycles. The van der Waals surface area contributed by atoms with Crippen LogP contribution in [-0.2, 0) is 9.59 Å². The minimum absolute atomic E-state index is 0.0224. The molecule has 0 unspecified atom stereocenters. The molecule has 2 aromatic carbocycles. The molecule has 0 aliphatic rings. The molecular formula is C14H12O4S2. The Balaban J connectivity index is 2.25. The van der Waals surface area contributed by atoms with E-state index in [-0.39, 0.29) is 11.5 Å². The third-order valence-electron chi connectivity index (χ3n) is 2.53. The van der Waals surface area contributed by atoms with Crippen molar-refractivity contribution in [2.24, 2.45) is 0 Å². The van der Waals surface area contributed by atoms with Gasteiger partial charge in [0.05, 0.1) is 11.5 Å². The molecule has 2 aromatic rings. The first kappa shape index (κ1) is 14.7. The topological polar surface area (TPSA) is 74.6 Å². The summed E-state index contributed by atoms with van der Waals surface area (Å²) in [6.07, 6.45) is 0. The number of thioether (sulfide) groups is 2. The highest BCUT2D eigenvalue weighted by atomic mass is 32.2. The molecule has 20 heavy (non-hydrogen) atoms. The fraction of sp³-hybridized carbons (Fsp3) is 0.143. The number of rotatable bonds is 6. The van der Waals surface area contributed by atoms with Crippen LogP contribution < -0.4 is 0 Å². The normalized spacial score (nSPS) is 10.6. The summed E-state index contributed by atoms with van der Waals surface area (Å²) >= 11 is 2.55. The highest BCUT2D eigenvalue weighted by Gasteiger charge is 2.06. The Bertz CT molecular complexity index is 655. The SMILES string of the molecule is O=C(O)CSc1ccc2c(SCC(=O)O)cccc2c1. The third-order valence-corrected chi connectivity index (χ3v) is 4.56. The number of carboxylic acid groups (broad SMARTS) is 2. The van der Waals surface area contributed by atoms with Gasteiger partial charge in [-0.15, -0.1) is 23.5 Å². The molecule has 0 spiro atoms. The number of carboxylic acids is 2. The fourth-order valence-electron chi connectivity index (χ4n) is 1.73. The summed E-state index contributed by atoms with van der Waals surface area (Å²) in [6.45, 7) is 0. The Morgan fingerprint density at radius 2 is 1.65 bits per heavy atom. The van der Waals surface area contributed by atoms with Crippen LogP contribution in [0.5, 0.6) is 0 Å². The molecule has 2 rings (SSSR count). The average Bonchev–Trinajstić information content (AvgIpc) is 2.42. The molecule has 6 heteroatoms. The van der Waals surface area contributed by atoms with Crippen LogP contribution in [0.2, 0.25) is 0 Å². The lowest BCUT2D eigenvalue weighted by molar-refractivity contribution is -0.134. The van der Waals surface area contributed by atoms with Gasteiger partial charge < -0.3 is 10.2 Å². The van der Waals surface area contributed by atoms with E-state index in [1.165, 1.54) is 23.5 Å². The lowest BCUT2D eigenvalue weighted by Gasteiger charge is -2.07. The maximum Gasteiger partial charge on any atom is 0.313 e. The van der Waals surface area contributed by atoms with Gasteiger partial charge in [-0.05, 0) is 29.0 Å². The summed E-state index contributed by atoms with van der Waals surface area (Å²) < 4.78 is 0. The average molecular weight is 308 g/mol. The summed E-state index contributed by atoms with van der Waals surface area (Å²) in [5.74, 6) is -1.64. The molecule has 0 bridgehead atoms. The number of fused-ring (bicyclic) bond motifs is 1. The second kappa shape index (κ2) is 6.67. The van der Waals surface area contributed by atoms with Crippen LogP contribution in [0.3, 0.4) is 0 Å². The molecule has 0 aliphatic carbocycles. The monoisotopic (exact) mass is 308 g/mol. The Hall–Kier alpha value is -1.66. The van der Waals surface area contributed by atoms with Gasteiger partial charge in [0.25, 0.3) is 0 Å².